The lowest BCUT2D eigenvalue weighted by atomic mass is 9.79. The number of aryl methyl sites for hydroxylation is 2. The summed E-state index contributed by atoms with van der Waals surface area (Å²) in [6.07, 6.45) is 8.28. The molecular formula is C41H46N2. The van der Waals surface area contributed by atoms with Gasteiger partial charge in [0.05, 0.1) is 6.04 Å². The Balaban J connectivity index is 1.34. The van der Waals surface area contributed by atoms with Crippen LogP contribution in [-0.4, -0.2) is 11.6 Å². The van der Waals surface area contributed by atoms with Crippen molar-refractivity contribution in [2.24, 2.45) is 11.3 Å². The van der Waals surface area contributed by atoms with Gasteiger partial charge in [0, 0.05) is 28.3 Å². The predicted molar refractivity (Wildman–Crippen MR) is 186 cm³/mol. The molecule has 0 fully saturated rings. The van der Waals surface area contributed by atoms with Gasteiger partial charge < -0.3 is 9.80 Å². The summed E-state index contributed by atoms with van der Waals surface area (Å²) in [6.45, 7) is 18.5. The molecule has 0 aromatic heterocycles. The van der Waals surface area contributed by atoms with E-state index in [1.54, 1.807) is 0 Å². The van der Waals surface area contributed by atoms with E-state index in [4.69, 9.17) is 0 Å². The van der Waals surface area contributed by atoms with E-state index in [1.807, 2.05) is 0 Å². The second-order valence-corrected chi connectivity index (χ2v) is 14.2. The van der Waals surface area contributed by atoms with Crippen molar-refractivity contribution in [3.8, 4) is 11.1 Å². The lowest BCUT2D eigenvalue weighted by molar-refractivity contribution is 0.494. The highest BCUT2D eigenvalue weighted by Gasteiger charge is 2.37. The Morgan fingerprint density at radius 1 is 0.767 bits per heavy atom. The third kappa shape index (κ3) is 5.44. The monoisotopic (exact) mass is 566 g/mol. The molecule has 43 heavy (non-hydrogen) atoms. The molecule has 220 valence electrons. The zero-order valence-corrected chi connectivity index (χ0v) is 27.1. The Labute approximate surface area is 259 Å². The molecular weight excluding hydrogens is 520 g/mol. The number of anilines is 4. The quantitative estimate of drug-likeness (QED) is 0.237. The topological polar surface area (TPSA) is 6.48 Å². The van der Waals surface area contributed by atoms with E-state index < -0.39 is 0 Å². The second-order valence-electron chi connectivity index (χ2n) is 14.2. The Kier molecular flexibility index (Phi) is 7.37. The molecule has 0 radical (unpaired) electrons. The molecule has 1 heterocycles. The minimum atomic E-state index is 0.0443. The molecule has 2 nitrogen and oxygen atoms in total. The normalized spacial score (nSPS) is 19.3. The van der Waals surface area contributed by atoms with Crippen LogP contribution in [0.4, 0.5) is 22.7 Å². The maximum Gasteiger partial charge on any atom is 0.0585 e. The van der Waals surface area contributed by atoms with Gasteiger partial charge in [-0.25, -0.2) is 0 Å². The number of hydrogen-bond donors (Lipinski definition) is 0. The number of rotatable bonds is 5. The molecule has 4 aromatic rings. The van der Waals surface area contributed by atoms with Crippen molar-refractivity contribution in [3.63, 3.8) is 0 Å². The molecule has 4 aromatic carbocycles. The molecule has 0 saturated carbocycles. The van der Waals surface area contributed by atoms with Crippen LogP contribution in [0.15, 0.2) is 115 Å². The van der Waals surface area contributed by atoms with Crippen molar-refractivity contribution in [1.29, 1.82) is 0 Å². The van der Waals surface area contributed by atoms with Gasteiger partial charge in [-0.1, -0.05) is 94.5 Å². The molecule has 1 aliphatic heterocycles. The third-order valence-electron chi connectivity index (χ3n) is 9.34. The van der Waals surface area contributed by atoms with E-state index in [2.05, 4.69) is 174 Å². The number of hydrogen-bond acceptors (Lipinski definition) is 2. The van der Waals surface area contributed by atoms with Crippen LogP contribution in [0.25, 0.3) is 11.1 Å². The maximum atomic E-state index is 2.53. The Morgan fingerprint density at radius 2 is 1.42 bits per heavy atom. The summed E-state index contributed by atoms with van der Waals surface area (Å²) < 4.78 is 0. The number of fused-ring (bicyclic) bond motifs is 1. The molecule has 2 aliphatic rings. The van der Waals surface area contributed by atoms with Gasteiger partial charge in [0.1, 0.15) is 0 Å². The fourth-order valence-corrected chi connectivity index (χ4v) is 7.09. The molecule has 0 bridgehead atoms. The van der Waals surface area contributed by atoms with Crippen molar-refractivity contribution in [2.45, 2.75) is 73.4 Å². The summed E-state index contributed by atoms with van der Waals surface area (Å²) in [5.41, 5.74) is 13.2. The summed E-state index contributed by atoms with van der Waals surface area (Å²) in [5.74, 6) is 0.383. The van der Waals surface area contributed by atoms with Crippen LogP contribution in [0.5, 0.6) is 0 Å². The van der Waals surface area contributed by atoms with E-state index in [-0.39, 0.29) is 17.0 Å². The minimum Gasteiger partial charge on any atom is -0.335 e. The van der Waals surface area contributed by atoms with Crippen LogP contribution in [-0.2, 0) is 6.42 Å². The summed E-state index contributed by atoms with van der Waals surface area (Å²) in [6, 6.07) is 33.9. The fourth-order valence-electron chi connectivity index (χ4n) is 7.09. The molecule has 0 spiro atoms. The lowest BCUT2D eigenvalue weighted by Gasteiger charge is -2.39. The average molecular weight is 567 g/mol. The van der Waals surface area contributed by atoms with Crippen LogP contribution in [0.2, 0.25) is 0 Å². The molecule has 2 heteroatoms. The molecule has 6 rings (SSSR count). The van der Waals surface area contributed by atoms with Gasteiger partial charge in [-0.15, -0.1) is 0 Å². The summed E-state index contributed by atoms with van der Waals surface area (Å²) in [5, 5.41) is 0. The summed E-state index contributed by atoms with van der Waals surface area (Å²) in [7, 11) is 0. The summed E-state index contributed by atoms with van der Waals surface area (Å²) in [4.78, 5) is 5.06. The Morgan fingerprint density at radius 3 is 2.07 bits per heavy atom. The first kappa shape index (κ1) is 29.1. The molecule has 0 saturated heterocycles. The molecule has 1 aliphatic carbocycles. The standard InChI is InChI=1S/C41H46N2/c1-28-24-31(32-19-22-38(29(2)25-32)43-39-17-13-12-14-33(39)27-41(43,7)8)18-21-36(28)42(35-15-10-9-11-16-35)37-23-20-34(26-30(37)3)40(4,5)6/h9-26,30,37H,27H2,1-8H3. The van der Waals surface area contributed by atoms with Gasteiger partial charge in [0.15, 0.2) is 0 Å². The smallest absolute Gasteiger partial charge is 0.0585 e. The molecule has 0 amide bonds. The van der Waals surface area contributed by atoms with Gasteiger partial charge in [-0.3, -0.25) is 0 Å². The maximum absolute atomic E-state index is 2.53. The van der Waals surface area contributed by atoms with Crippen molar-refractivity contribution in [3.05, 3.63) is 131 Å². The van der Waals surface area contributed by atoms with E-state index in [1.165, 1.54) is 56.1 Å². The van der Waals surface area contributed by atoms with Gasteiger partial charge >= 0.3 is 0 Å². The largest absolute Gasteiger partial charge is 0.335 e. The van der Waals surface area contributed by atoms with E-state index in [0.717, 1.165) is 6.42 Å². The van der Waals surface area contributed by atoms with Gasteiger partial charge in [-0.2, -0.15) is 0 Å². The zero-order chi connectivity index (χ0) is 30.5. The summed E-state index contributed by atoms with van der Waals surface area (Å²) >= 11 is 0. The van der Waals surface area contributed by atoms with E-state index in [0.29, 0.717) is 5.92 Å². The lowest BCUT2D eigenvalue weighted by Crippen LogP contribution is -2.37. The highest BCUT2D eigenvalue weighted by atomic mass is 15.2. The van der Waals surface area contributed by atoms with Crippen molar-refractivity contribution < 1.29 is 0 Å². The third-order valence-corrected chi connectivity index (χ3v) is 9.34. The predicted octanol–water partition coefficient (Wildman–Crippen LogP) is 11.1. The van der Waals surface area contributed by atoms with Crippen LogP contribution < -0.4 is 9.80 Å². The van der Waals surface area contributed by atoms with Crippen LogP contribution in [0.3, 0.4) is 0 Å². The van der Waals surface area contributed by atoms with Crippen LogP contribution in [0, 0.1) is 25.2 Å². The number of para-hydroxylation sites is 2. The SMILES string of the molecule is Cc1cc(-c2ccc(N3c4ccccc4CC3(C)C)c(C)c2)ccc1N(c1ccccc1)C1C=CC(C(C)(C)C)=CC1C. The second kappa shape index (κ2) is 10.9. The molecule has 0 N–H and O–H groups in total. The first-order chi connectivity index (χ1) is 20.4. The highest BCUT2D eigenvalue weighted by Crippen LogP contribution is 2.46. The Bertz CT molecular complexity index is 1700. The van der Waals surface area contributed by atoms with E-state index >= 15 is 0 Å². The van der Waals surface area contributed by atoms with Gasteiger partial charge in [-0.05, 0) is 121 Å². The average Bonchev–Trinajstić information content (AvgIpc) is 3.24. The highest BCUT2D eigenvalue weighted by molar-refractivity contribution is 5.79. The number of benzene rings is 4. The fraction of sp³-hybridized carbons (Fsp3) is 0.317. The van der Waals surface area contributed by atoms with E-state index in [9.17, 15) is 0 Å². The molecule has 2 atom stereocenters. The van der Waals surface area contributed by atoms with Gasteiger partial charge in [0.25, 0.3) is 0 Å². The number of allylic oxidation sites excluding steroid dienone is 2. The minimum absolute atomic E-state index is 0.0443. The Hall–Kier alpha value is -4.04. The van der Waals surface area contributed by atoms with Crippen molar-refractivity contribution in [2.75, 3.05) is 9.80 Å². The van der Waals surface area contributed by atoms with Crippen molar-refractivity contribution >= 4 is 22.7 Å². The van der Waals surface area contributed by atoms with Gasteiger partial charge in [0.2, 0.25) is 0 Å². The first-order valence-corrected chi connectivity index (χ1v) is 15.8. The zero-order valence-electron chi connectivity index (χ0n) is 27.1. The van der Waals surface area contributed by atoms with Crippen LogP contribution >= 0.6 is 0 Å². The van der Waals surface area contributed by atoms with Crippen LogP contribution in [0.1, 0.15) is 58.2 Å². The van der Waals surface area contributed by atoms with Crippen molar-refractivity contribution in [1.82, 2.24) is 0 Å². The molecule has 2 unspecified atom stereocenters. The first-order valence-electron chi connectivity index (χ1n) is 15.8. The number of nitrogens with zero attached hydrogens (tertiary/aromatic N) is 2.